The number of aromatic nitrogens is 2. The molecule has 0 aliphatic carbocycles. The largest absolute Gasteiger partial charge is 0.493 e. The minimum atomic E-state index is -0.0441. The monoisotopic (exact) mass is 443 g/mol. The minimum absolute atomic E-state index is 0.0429. The van der Waals surface area contributed by atoms with Gasteiger partial charge in [0.05, 0.1) is 12.6 Å². The third kappa shape index (κ3) is 4.83. The average Bonchev–Trinajstić information content (AvgIpc) is 3.54. The van der Waals surface area contributed by atoms with Gasteiger partial charge >= 0.3 is 0 Å². The second kappa shape index (κ2) is 9.58. The third-order valence-corrected chi connectivity index (χ3v) is 6.35. The van der Waals surface area contributed by atoms with Gasteiger partial charge < -0.3 is 15.4 Å². The van der Waals surface area contributed by atoms with Crippen molar-refractivity contribution < 1.29 is 9.53 Å². The number of hydrogen-bond donors (Lipinski definition) is 2. The Labute approximate surface area is 194 Å². The number of carbonyl (C=O) groups excluding carboxylic acids is 1. The van der Waals surface area contributed by atoms with Gasteiger partial charge in [-0.2, -0.15) is 4.98 Å². The second-order valence-corrected chi connectivity index (χ2v) is 8.71. The topological polar surface area (TPSA) is 79.4 Å². The zero-order chi connectivity index (χ0) is 22.6. The summed E-state index contributed by atoms with van der Waals surface area (Å²) >= 11 is 0. The number of benzene rings is 2. The van der Waals surface area contributed by atoms with Crippen molar-refractivity contribution in [1.82, 2.24) is 15.3 Å². The number of anilines is 2. The summed E-state index contributed by atoms with van der Waals surface area (Å²) in [5.74, 6) is 2.34. The van der Waals surface area contributed by atoms with E-state index in [9.17, 15) is 4.79 Å². The van der Waals surface area contributed by atoms with Crippen molar-refractivity contribution in [1.29, 1.82) is 0 Å². The van der Waals surface area contributed by atoms with E-state index in [1.54, 1.807) is 11.1 Å². The fourth-order valence-electron chi connectivity index (χ4n) is 4.47. The van der Waals surface area contributed by atoms with Gasteiger partial charge in [0.15, 0.2) is 0 Å². The Kier molecular flexibility index (Phi) is 6.21. The van der Waals surface area contributed by atoms with E-state index in [2.05, 4.69) is 34.7 Å². The van der Waals surface area contributed by atoms with E-state index in [0.717, 1.165) is 42.8 Å². The second-order valence-electron chi connectivity index (χ2n) is 8.71. The van der Waals surface area contributed by atoms with Gasteiger partial charge in [-0.15, -0.1) is 0 Å². The van der Waals surface area contributed by atoms with Gasteiger partial charge in [-0.05, 0) is 67.7 Å². The highest BCUT2D eigenvalue weighted by atomic mass is 16.5. The number of carbonyl (C=O) groups is 1. The smallest absolute Gasteiger partial charge is 0.259 e. The van der Waals surface area contributed by atoms with Gasteiger partial charge in [-0.3, -0.25) is 9.69 Å². The lowest BCUT2D eigenvalue weighted by Gasteiger charge is -2.25. The molecule has 2 aromatic carbocycles. The molecule has 1 aromatic heterocycles. The van der Waals surface area contributed by atoms with Crippen LogP contribution in [0.4, 0.5) is 11.8 Å². The maximum atomic E-state index is 13.7. The van der Waals surface area contributed by atoms with Gasteiger partial charge in [0.25, 0.3) is 5.91 Å². The van der Waals surface area contributed by atoms with Gasteiger partial charge in [-0.1, -0.05) is 30.3 Å². The molecule has 33 heavy (non-hydrogen) atoms. The van der Waals surface area contributed by atoms with E-state index in [0.29, 0.717) is 36.4 Å². The SMILES string of the molecule is C[C@H](Nc1nccc(N(CC2CCNC2)C(=O)c2ccc3c(c2)CCO3)n1)c1ccccc1. The Balaban J connectivity index is 1.41. The average molecular weight is 444 g/mol. The van der Waals surface area contributed by atoms with E-state index in [-0.39, 0.29) is 11.9 Å². The molecule has 3 aromatic rings. The molecule has 7 heteroatoms. The van der Waals surface area contributed by atoms with Crippen molar-refractivity contribution in [3.63, 3.8) is 0 Å². The van der Waals surface area contributed by atoms with Crippen LogP contribution in [0.15, 0.2) is 60.8 Å². The lowest BCUT2D eigenvalue weighted by atomic mass is 10.1. The van der Waals surface area contributed by atoms with E-state index in [4.69, 9.17) is 9.72 Å². The molecule has 1 amide bonds. The van der Waals surface area contributed by atoms with Gasteiger partial charge in [0.2, 0.25) is 5.95 Å². The van der Waals surface area contributed by atoms with Crippen LogP contribution < -0.4 is 20.3 Å². The normalized spacial score (nSPS) is 17.8. The van der Waals surface area contributed by atoms with Crippen LogP contribution in [0.25, 0.3) is 0 Å². The van der Waals surface area contributed by atoms with Crippen molar-refractivity contribution in [2.75, 3.05) is 36.5 Å². The molecule has 1 saturated heterocycles. The highest BCUT2D eigenvalue weighted by Crippen LogP contribution is 2.28. The Hall–Kier alpha value is -3.45. The molecule has 170 valence electrons. The van der Waals surface area contributed by atoms with E-state index in [1.165, 1.54) is 0 Å². The molecule has 0 spiro atoms. The molecule has 5 rings (SSSR count). The molecule has 1 fully saturated rings. The highest BCUT2D eigenvalue weighted by Gasteiger charge is 2.26. The number of ether oxygens (including phenoxy) is 1. The van der Waals surface area contributed by atoms with E-state index in [1.807, 2.05) is 42.5 Å². The van der Waals surface area contributed by atoms with Gasteiger partial charge in [0, 0.05) is 24.7 Å². The van der Waals surface area contributed by atoms with Crippen molar-refractivity contribution >= 4 is 17.7 Å². The number of hydrogen-bond acceptors (Lipinski definition) is 6. The fourth-order valence-corrected chi connectivity index (χ4v) is 4.47. The van der Waals surface area contributed by atoms with Crippen LogP contribution in [0.3, 0.4) is 0 Å². The molecule has 7 nitrogen and oxygen atoms in total. The molecule has 0 saturated carbocycles. The summed E-state index contributed by atoms with van der Waals surface area (Å²) in [7, 11) is 0. The van der Waals surface area contributed by atoms with Gasteiger partial charge in [-0.25, -0.2) is 4.98 Å². The molecular formula is C26H29N5O2. The van der Waals surface area contributed by atoms with Crippen molar-refractivity contribution in [2.45, 2.75) is 25.8 Å². The molecule has 2 aliphatic heterocycles. The fraction of sp³-hybridized carbons (Fsp3) is 0.346. The maximum Gasteiger partial charge on any atom is 0.259 e. The summed E-state index contributed by atoms with van der Waals surface area (Å²) in [5, 5.41) is 6.77. The Bertz CT molecular complexity index is 1110. The first-order valence-electron chi connectivity index (χ1n) is 11.6. The molecule has 2 atom stereocenters. The summed E-state index contributed by atoms with van der Waals surface area (Å²) in [6.45, 7) is 5.25. The van der Waals surface area contributed by atoms with Crippen molar-refractivity contribution in [3.8, 4) is 5.75 Å². The molecule has 0 radical (unpaired) electrons. The minimum Gasteiger partial charge on any atom is -0.493 e. The quantitative estimate of drug-likeness (QED) is 0.578. The molecule has 2 aliphatic rings. The highest BCUT2D eigenvalue weighted by molar-refractivity contribution is 6.05. The summed E-state index contributed by atoms with van der Waals surface area (Å²) < 4.78 is 5.61. The van der Waals surface area contributed by atoms with Crippen LogP contribution >= 0.6 is 0 Å². The predicted molar refractivity (Wildman–Crippen MR) is 129 cm³/mol. The molecular weight excluding hydrogens is 414 g/mol. The van der Waals surface area contributed by atoms with Crippen LogP contribution in [0, 0.1) is 5.92 Å². The van der Waals surface area contributed by atoms with Gasteiger partial charge in [0.1, 0.15) is 11.6 Å². The number of amides is 1. The maximum absolute atomic E-state index is 13.7. The zero-order valence-electron chi connectivity index (χ0n) is 18.8. The van der Waals surface area contributed by atoms with E-state index < -0.39 is 0 Å². The Morgan fingerprint density at radius 2 is 2.12 bits per heavy atom. The third-order valence-electron chi connectivity index (χ3n) is 6.35. The van der Waals surface area contributed by atoms with Crippen LogP contribution in [-0.4, -0.2) is 42.1 Å². The first-order valence-corrected chi connectivity index (χ1v) is 11.6. The summed E-state index contributed by atoms with van der Waals surface area (Å²) in [5.41, 5.74) is 2.90. The summed E-state index contributed by atoms with van der Waals surface area (Å²) in [6.07, 6.45) is 3.59. The number of nitrogens with zero attached hydrogens (tertiary/aromatic N) is 3. The summed E-state index contributed by atoms with van der Waals surface area (Å²) in [4.78, 5) is 24.6. The molecule has 2 N–H and O–H groups in total. The lowest BCUT2D eigenvalue weighted by molar-refractivity contribution is 0.0982. The van der Waals surface area contributed by atoms with Crippen LogP contribution in [0.2, 0.25) is 0 Å². The first kappa shape index (κ1) is 21.4. The van der Waals surface area contributed by atoms with E-state index >= 15 is 0 Å². The predicted octanol–water partition coefficient (Wildman–Crippen LogP) is 3.84. The number of fused-ring (bicyclic) bond motifs is 1. The number of nitrogens with one attached hydrogen (secondary N) is 2. The van der Waals surface area contributed by atoms with Crippen LogP contribution in [0.5, 0.6) is 5.75 Å². The van der Waals surface area contributed by atoms with Crippen molar-refractivity contribution in [3.05, 3.63) is 77.5 Å². The standard InChI is InChI=1S/C26H29N5O2/c1-18(20-5-3-2-4-6-20)29-26-28-13-10-24(30-26)31(17-19-9-12-27-16-19)25(32)22-7-8-23-21(15-22)11-14-33-23/h2-8,10,13,15,18-19,27H,9,11-12,14,16-17H2,1H3,(H,28,29,30)/t18-,19?/m0/s1. The zero-order valence-corrected chi connectivity index (χ0v) is 18.8. The Morgan fingerprint density at radius 1 is 1.24 bits per heavy atom. The van der Waals surface area contributed by atoms with Crippen LogP contribution in [0.1, 0.15) is 40.9 Å². The molecule has 1 unspecified atom stereocenters. The first-order chi connectivity index (χ1) is 16.2. The summed E-state index contributed by atoms with van der Waals surface area (Å²) in [6, 6.07) is 17.7. The number of rotatable bonds is 7. The molecule has 0 bridgehead atoms. The molecule has 3 heterocycles. The lowest BCUT2D eigenvalue weighted by Crippen LogP contribution is -2.37. The van der Waals surface area contributed by atoms with Crippen molar-refractivity contribution in [2.24, 2.45) is 5.92 Å². The van der Waals surface area contributed by atoms with Crippen LogP contribution in [-0.2, 0) is 6.42 Å². The Morgan fingerprint density at radius 3 is 2.94 bits per heavy atom.